The van der Waals surface area contributed by atoms with Crippen molar-refractivity contribution in [3.05, 3.63) is 38.6 Å². The van der Waals surface area contributed by atoms with Gasteiger partial charge in [0.2, 0.25) is 0 Å². The van der Waals surface area contributed by atoms with Gasteiger partial charge in [0.15, 0.2) is 0 Å². The highest BCUT2D eigenvalue weighted by molar-refractivity contribution is 9.10. The second-order valence-electron chi connectivity index (χ2n) is 3.88. The summed E-state index contributed by atoms with van der Waals surface area (Å²) in [5.41, 5.74) is 6.38. The average Bonchev–Trinajstić information content (AvgIpc) is 2.83. The number of thiophene rings is 1. The number of nitrogens with two attached hydrogens (primary N) is 1. The molecule has 0 aliphatic heterocycles. The van der Waals surface area contributed by atoms with Crippen molar-refractivity contribution in [2.45, 2.75) is 18.4 Å². The first-order valence-corrected chi connectivity index (χ1v) is 8.50. The first-order valence-electron chi connectivity index (χ1n) is 5.35. The van der Waals surface area contributed by atoms with Crippen LogP contribution in [0, 0.1) is 6.92 Å². The Morgan fingerprint density at radius 3 is 2.79 bits per heavy atom. The Balaban J connectivity index is 2.28. The summed E-state index contributed by atoms with van der Waals surface area (Å²) < 4.78 is 27.5. The summed E-state index contributed by atoms with van der Waals surface area (Å²) in [7, 11) is -3.61. The number of nitrogens with zero attached hydrogens (tertiary/aromatic N) is 1. The standard InChI is InChI=1S/C11H12BrN3O2S2/c1-7-2-11(14-5-10(7)12)15-19(16,17)9-3-8(4-13)18-6-9/h2-3,5-6H,4,13H2,1H3,(H,14,15). The summed E-state index contributed by atoms with van der Waals surface area (Å²) in [5.74, 6) is 0.293. The Bertz CT molecular complexity index is 698. The Morgan fingerprint density at radius 2 is 2.21 bits per heavy atom. The van der Waals surface area contributed by atoms with Crippen LogP contribution in [-0.4, -0.2) is 13.4 Å². The van der Waals surface area contributed by atoms with Crippen molar-refractivity contribution in [2.75, 3.05) is 4.72 Å². The fourth-order valence-corrected chi connectivity index (χ4v) is 3.77. The second-order valence-corrected chi connectivity index (χ2v) is 7.41. The molecule has 2 aromatic rings. The van der Waals surface area contributed by atoms with Crippen LogP contribution in [0.2, 0.25) is 0 Å². The van der Waals surface area contributed by atoms with Gasteiger partial charge in [-0.15, -0.1) is 11.3 Å². The Labute approximate surface area is 124 Å². The van der Waals surface area contributed by atoms with Crippen molar-refractivity contribution in [1.82, 2.24) is 4.98 Å². The van der Waals surface area contributed by atoms with Gasteiger partial charge >= 0.3 is 0 Å². The van der Waals surface area contributed by atoms with Crippen LogP contribution in [0.3, 0.4) is 0 Å². The molecular weight excluding hydrogens is 350 g/mol. The lowest BCUT2D eigenvalue weighted by atomic mass is 10.3. The smallest absolute Gasteiger partial charge is 0.263 e. The van der Waals surface area contributed by atoms with Crippen molar-refractivity contribution >= 4 is 43.1 Å². The molecule has 0 amide bonds. The number of sulfonamides is 1. The van der Waals surface area contributed by atoms with Gasteiger partial charge in [0.25, 0.3) is 10.0 Å². The molecule has 5 nitrogen and oxygen atoms in total. The Morgan fingerprint density at radius 1 is 1.47 bits per heavy atom. The zero-order valence-electron chi connectivity index (χ0n) is 10.1. The number of hydrogen-bond donors (Lipinski definition) is 2. The van der Waals surface area contributed by atoms with Crippen molar-refractivity contribution in [2.24, 2.45) is 5.73 Å². The monoisotopic (exact) mass is 361 g/mol. The number of halogens is 1. The molecule has 0 aliphatic rings. The van der Waals surface area contributed by atoms with E-state index in [2.05, 4.69) is 25.6 Å². The van der Waals surface area contributed by atoms with Crippen LogP contribution in [0.15, 0.2) is 33.1 Å². The summed E-state index contributed by atoms with van der Waals surface area (Å²) in [6, 6.07) is 3.23. The number of pyridine rings is 1. The highest BCUT2D eigenvalue weighted by atomic mass is 79.9. The van der Waals surface area contributed by atoms with Crippen molar-refractivity contribution < 1.29 is 8.42 Å². The summed E-state index contributed by atoms with van der Waals surface area (Å²) in [6.45, 7) is 2.19. The predicted octanol–water partition coefficient (Wildman–Crippen LogP) is 2.47. The molecule has 0 unspecified atom stereocenters. The van der Waals surface area contributed by atoms with E-state index in [0.717, 1.165) is 14.9 Å². The van der Waals surface area contributed by atoms with Gasteiger partial charge < -0.3 is 5.73 Å². The molecule has 2 heterocycles. The Hall–Kier alpha value is -0.960. The molecule has 0 radical (unpaired) electrons. The summed E-state index contributed by atoms with van der Waals surface area (Å²) in [4.78, 5) is 5.05. The molecule has 2 rings (SSSR count). The fraction of sp³-hybridized carbons (Fsp3) is 0.182. The van der Waals surface area contributed by atoms with E-state index in [9.17, 15) is 8.42 Å². The van der Waals surface area contributed by atoms with Crippen LogP contribution < -0.4 is 10.5 Å². The fourth-order valence-electron chi connectivity index (χ4n) is 1.40. The summed E-state index contributed by atoms with van der Waals surface area (Å²) >= 11 is 4.64. The molecule has 0 bridgehead atoms. The first kappa shape index (κ1) is 14.4. The first-order chi connectivity index (χ1) is 8.92. The molecule has 2 aromatic heterocycles. The number of aromatic nitrogens is 1. The van der Waals surface area contributed by atoms with Crippen molar-refractivity contribution in [1.29, 1.82) is 0 Å². The lowest BCUT2D eigenvalue weighted by Crippen LogP contribution is -2.13. The van der Waals surface area contributed by atoms with Crippen LogP contribution in [0.25, 0.3) is 0 Å². The van der Waals surface area contributed by atoms with Crippen LogP contribution in [0.4, 0.5) is 5.82 Å². The third-order valence-corrected chi connectivity index (χ3v) is 5.70. The maximum Gasteiger partial charge on any atom is 0.263 e. The number of aryl methyl sites for hydroxylation is 1. The maximum atomic E-state index is 12.1. The molecule has 0 fully saturated rings. The third-order valence-electron chi connectivity index (χ3n) is 2.43. The molecule has 102 valence electrons. The molecule has 0 spiro atoms. The van der Waals surface area contributed by atoms with Crippen LogP contribution in [0.1, 0.15) is 10.4 Å². The minimum absolute atomic E-state index is 0.209. The van der Waals surface area contributed by atoms with E-state index in [4.69, 9.17) is 5.73 Å². The topological polar surface area (TPSA) is 85.1 Å². The maximum absolute atomic E-state index is 12.1. The molecule has 8 heteroatoms. The van der Waals surface area contributed by atoms with E-state index < -0.39 is 10.0 Å². The van der Waals surface area contributed by atoms with Crippen LogP contribution in [-0.2, 0) is 16.6 Å². The third kappa shape index (κ3) is 3.33. The number of rotatable bonds is 4. The van der Waals surface area contributed by atoms with Crippen molar-refractivity contribution in [3.8, 4) is 0 Å². The highest BCUT2D eigenvalue weighted by Gasteiger charge is 2.17. The average molecular weight is 362 g/mol. The summed E-state index contributed by atoms with van der Waals surface area (Å²) in [5, 5.41) is 1.57. The van der Waals surface area contributed by atoms with Gasteiger partial charge in [-0.25, -0.2) is 13.4 Å². The minimum atomic E-state index is -3.61. The molecule has 0 aliphatic carbocycles. The molecule has 0 saturated heterocycles. The largest absolute Gasteiger partial charge is 0.326 e. The van der Waals surface area contributed by atoms with E-state index in [-0.39, 0.29) is 4.90 Å². The van der Waals surface area contributed by atoms with Gasteiger partial charge in [-0.3, -0.25) is 4.72 Å². The highest BCUT2D eigenvalue weighted by Crippen LogP contribution is 2.23. The number of nitrogens with one attached hydrogen (secondary N) is 1. The molecular formula is C11H12BrN3O2S2. The lowest BCUT2D eigenvalue weighted by molar-refractivity contribution is 0.601. The van der Waals surface area contributed by atoms with E-state index in [0.29, 0.717) is 12.4 Å². The zero-order chi connectivity index (χ0) is 14.0. The minimum Gasteiger partial charge on any atom is -0.326 e. The molecule has 0 atom stereocenters. The molecule has 19 heavy (non-hydrogen) atoms. The zero-order valence-corrected chi connectivity index (χ0v) is 13.3. The van der Waals surface area contributed by atoms with E-state index in [1.807, 2.05) is 6.92 Å². The molecule has 0 aromatic carbocycles. The van der Waals surface area contributed by atoms with E-state index >= 15 is 0 Å². The molecule has 3 N–H and O–H groups in total. The normalized spacial score (nSPS) is 11.5. The Kier molecular flexibility index (Phi) is 4.24. The SMILES string of the molecule is Cc1cc(NS(=O)(=O)c2csc(CN)c2)ncc1Br. The quantitative estimate of drug-likeness (QED) is 0.875. The van der Waals surface area contributed by atoms with E-state index in [1.165, 1.54) is 11.3 Å². The lowest BCUT2D eigenvalue weighted by Gasteiger charge is -2.07. The van der Waals surface area contributed by atoms with Gasteiger partial charge in [0, 0.05) is 27.5 Å². The van der Waals surface area contributed by atoms with Crippen LogP contribution in [0.5, 0.6) is 0 Å². The molecule has 0 saturated carbocycles. The van der Waals surface area contributed by atoms with Gasteiger partial charge in [-0.1, -0.05) is 0 Å². The van der Waals surface area contributed by atoms with E-state index in [1.54, 1.807) is 23.7 Å². The summed E-state index contributed by atoms with van der Waals surface area (Å²) in [6.07, 6.45) is 1.56. The number of hydrogen-bond acceptors (Lipinski definition) is 5. The number of anilines is 1. The van der Waals surface area contributed by atoms with Gasteiger partial charge in [0.05, 0.1) is 4.90 Å². The van der Waals surface area contributed by atoms with Crippen LogP contribution >= 0.6 is 27.3 Å². The second kappa shape index (κ2) is 5.58. The predicted molar refractivity (Wildman–Crippen MR) is 79.7 cm³/mol. The van der Waals surface area contributed by atoms with Gasteiger partial charge in [-0.2, -0.15) is 0 Å². The van der Waals surface area contributed by atoms with Gasteiger partial charge in [0.1, 0.15) is 5.82 Å². The van der Waals surface area contributed by atoms with Crippen molar-refractivity contribution in [3.63, 3.8) is 0 Å². The van der Waals surface area contributed by atoms with Gasteiger partial charge in [-0.05, 0) is 40.5 Å².